The van der Waals surface area contributed by atoms with Crippen LogP contribution in [0.1, 0.15) is 96.8 Å². The third kappa shape index (κ3) is 10.2. The van der Waals surface area contributed by atoms with Crippen LogP contribution in [-0.2, 0) is 19.1 Å². The highest BCUT2D eigenvalue weighted by atomic mass is 32.2. The van der Waals surface area contributed by atoms with Crippen LogP contribution in [0.25, 0.3) is 0 Å². The van der Waals surface area contributed by atoms with Gasteiger partial charge in [-0.2, -0.15) is 16.9 Å². The first-order chi connectivity index (χ1) is 18.0. The largest absolute Gasteiger partial charge is 0.464 e. The molecule has 0 aromatic rings. The first kappa shape index (κ1) is 29.3. The molecule has 3 rings (SSSR count). The number of hydrogen-bond donors (Lipinski definition) is 4. The van der Waals surface area contributed by atoms with Crippen molar-refractivity contribution >= 4 is 41.3 Å². The van der Waals surface area contributed by atoms with Crippen molar-refractivity contribution in [3.8, 4) is 0 Å². The van der Waals surface area contributed by atoms with Gasteiger partial charge in [-0.3, -0.25) is 9.59 Å². The number of thioether (sulfide) groups is 1. The summed E-state index contributed by atoms with van der Waals surface area (Å²) in [5, 5.41) is 13.3. The van der Waals surface area contributed by atoms with E-state index in [1.807, 2.05) is 11.8 Å². The molecule has 0 aromatic heterocycles. The second kappa shape index (κ2) is 15.8. The molecule has 0 aliphatic carbocycles. The van der Waals surface area contributed by atoms with Crippen molar-refractivity contribution < 1.29 is 23.9 Å². The van der Waals surface area contributed by atoms with Crippen LogP contribution in [0.2, 0.25) is 0 Å². The number of hydrazone groups is 1. The van der Waals surface area contributed by atoms with E-state index in [4.69, 9.17) is 4.74 Å². The van der Waals surface area contributed by atoms with E-state index in [1.54, 1.807) is 0 Å². The fourth-order valence-corrected chi connectivity index (χ4v) is 6.54. The molecule has 0 aromatic carbocycles. The minimum Gasteiger partial charge on any atom is -0.464 e. The highest BCUT2D eigenvalue weighted by Gasteiger charge is 2.42. The molecule has 4 N–H and O–H groups in total. The zero-order chi connectivity index (χ0) is 26.5. The Morgan fingerprint density at radius 3 is 2.51 bits per heavy atom. The Morgan fingerprint density at radius 1 is 1.00 bits per heavy atom. The molecule has 4 atom stereocenters. The van der Waals surface area contributed by atoms with E-state index >= 15 is 0 Å². The maximum Gasteiger partial charge on any atom is 0.328 e. The monoisotopic (exact) mass is 537 g/mol. The number of urea groups is 1. The maximum atomic E-state index is 12.5. The van der Waals surface area contributed by atoms with Crippen molar-refractivity contribution in [2.75, 3.05) is 12.4 Å². The first-order valence-corrected chi connectivity index (χ1v) is 15.0. The van der Waals surface area contributed by atoms with Gasteiger partial charge in [-0.1, -0.05) is 51.9 Å². The van der Waals surface area contributed by atoms with Crippen molar-refractivity contribution in [3.63, 3.8) is 0 Å². The molecule has 3 aliphatic heterocycles. The first-order valence-electron chi connectivity index (χ1n) is 13.9. The molecule has 3 saturated heterocycles. The number of fused-ring (bicyclic) bond motifs is 1. The SMILES string of the molecule is CCCCCCCCC/C(CC(=O)N[C@H]1CCOC1=O)=N/NC(=O)CCCC[C@@H]1SC[C@H]2NC(=O)N[C@@H]12. The molecular formula is C26H43N5O5S. The zero-order valence-corrected chi connectivity index (χ0v) is 22.8. The van der Waals surface area contributed by atoms with Gasteiger partial charge in [-0.15, -0.1) is 0 Å². The highest BCUT2D eigenvalue weighted by molar-refractivity contribution is 8.00. The van der Waals surface area contributed by atoms with E-state index < -0.39 is 12.0 Å². The molecule has 0 radical (unpaired) electrons. The Bertz CT molecular complexity index is 823. The number of cyclic esters (lactones) is 1. The minimum atomic E-state index is -0.594. The summed E-state index contributed by atoms with van der Waals surface area (Å²) in [5.41, 5.74) is 3.26. The third-order valence-corrected chi connectivity index (χ3v) is 8.63. The van der Waals surface area contributed by atoms with Gasteiger partial charge in [0.15, 0.2) is 0 Å². The second-order valence-electron chi connectivity index (χ2n) is 10.2. The molecular weight excluding hydrogens is 494 g/mol. The molecule has 11 heteroatoms. The van der Waals surface area contributed by atoms with E-state index in [9.17, 15) is 19.2 Å². The smallest absolute Gasteiger partial charge is 0.328 e. The zero-order valence-electron chi connectivity index (χ0n) is 22.0. The van der Waals surface area contributed by atoms with Gasteiger partial charge in [-0.25, -0.2) is 15.0 Å². The topological polar surface area (TPSA) is 138 Å². The average Bonchev–Trinajstić information content (AvgIpc) is 3.55. The number of nitrogens with one attached hydrogen (secondary N) is 4. The van der Waals surface area contributed by atoms with Crippen LogP contribution in [0.15, 0.2) is 5.10 Å². The quantitative estimate of drug-likeness (QED) is 0.0739. The van der Waals surface area contributed by atoms with Crippen LogP contribution in [-0.4, -0.2) is 65.3 Å². The Hall–Kier alpha value is -2.30. The fraction of sp³-hybridized carbons (Fsp3) is 0.808. The molecule has 0 spiro atoms. The minimum absolute atomic E-state index is 0.0567. The van der Waals surface area contributed by atoms with E-state index in [0.29, 0.717) is 36.8 Å². The molecule has 37 heavy (non-hydrogen) atoms. The van der Waals surface area contributed by atoms with Gasteiger partial charge in [0.05, 0.1) is 25.1 Å². The van der Waals surface area contributed by atoms with Gasteiger partial charge in [0.1, 0.15) is 6.04 Å². The molecule has 4 amide bonds. The summed E-state index contributed by atoms with van der Waals surface area (Å²) in [5.74, 6) is 0.0935. The Labute approximate surface area is 224 Å². The molecule has 3 fully saturated rings. The predicted octanol–water partition coefficient (Wildman–Crippen LogP) is 3.15. The number of ether oxygens (including phenoxy) is 1. The Morgan fingerprint density at radius 2 is 1.76 bits per heavy atom. The standard InChI is InChI=1S/C26H43N5O5S/c1-2-3-4-5-6-7-8-11-18(16-23(33)27-19-14-15-36-25(19)34)30-31-22(32)13-10-9-12-21-24-20(17-37-21)28-26(35)29-24/h19-21,24H,2-17H2,1H3,(H,27,33)(H,31,32)(H2,28,29,35)/b30-18-/t19-,20+,21-,24+/m0/s1. The van der Waals surface area contributed by atoms with Crippen LogP contribution >= 0.6 is 11.8 Å². The van der Waals surface area contributed by atoms with Crippen molar-refractivity contribution in [3.05, 3.63) is 0 Å². The van der Waals surface area contributed by atoms with E-state index in [1.165, 1.54) is 25.7 Å². The number of carbonyl (C=O) groups excluding carboxylic acids is 4. The van der Waals surface area contributed by atoms with Crippen molar-refractivity contribution in [2.45, 2.75) is 120 Å². The van der Waals surface area contributed by atoms with Crippen molar-refractivity contribution in [1.29, 1.82) is 0 Å². The summed E-state index contributed by atoms with van der Waals surface area (Å²) in [6, 6.07) is -0.279. The van der Waals surface area contributed by atoms with Crippen molar-refractivity contribution in [2.24, 2.45) is 5.10 Å². The summed E-state index contributed by atoms with van der Waals surface area (Å²) in [6.07, 6.45) is 12.2. The predicted molar refractivity (Wildman–Crippen MR) is 144 cm³/mol. The molecule has 0 unspecified atom stereocenters. The molecule has 0 bridgehead atoms. The molecule has 3 heterocycles. The summed E-state index contributed by atoms with van der Waals surface area (Å²) in [7, 11) is 0. The third-order valence-electron chi connectivity index (χ3n) is 7.12. The van der Waals surface area contributed by atoms with Crippen LogP contribution in [0.5, 0.6) is 0 Å². The lowest BCUT2D eigenvalue weighted by molar-refractivity contribution is -0.141. The summed E-state index contributed by atoms with van der Waals surface area (Å²) in [6.45, 7) is 2.52. The fourth-order valence-electron chi connectivity index (χ4n) is 5.00. The Kier molecular flexibility index (Phi) is 12.5. The van der Waals surface area contributed by atoms with Crippen LogP contribution < -0.4 is 21.4 Å². The summed E-state index contributed by atoms with van der Waals surface area (Å²) >= 11 is 1.87. The number of esters is 1. The lowest BCUT2D eigenvalue weighted by Crippen LogP contribution is -2.39. The summed E-state index contributed by atoms with van der Waals surface area (Å²) < 4.78 is 4.91. The number of amides is 4. The summed E-state index contributed by atoms with van der Waals surface area (Å²) in [4.78, 5) is 48.1. The number of carbonyl (C=O) groups is 4. The average molecular weight is 538 g/mol. The number of unbranched alkanes of at least 4 members (excludes halogenated alkanes) is 7. The molecule has 208 valence electrons. The lowest BCUT2D eigenvalue weighted by atomic mass is 10.0. The molecule has 3 aliphatic rings. The van der Waals surface area contributed by atoms with E-state index in [-0.39, 0.29) is 36.3 Å². The lowest BCUT2D eigenvalue weighted by Gasteiger charge is -2.16. The molecule has 0 saturated carbocycles. The van der Waals surface area contributed by atoms with Crippen LogP contribution in [0.3, 0.4) is 0 Å². The van der Waals surface area contributed by atoms with Gasteiger partial charge in [0.25, 0.3) is 0 Å². The number of nitrogens with zero attached hydrogens (tertiary/aromatic N) is 1. The number of hydrogen-bond acceptors (Lipinski definition) is 7. The number of rotatable bonds is 17. The van der Waals surface area contributed by atoms with Gasteiger partial charge in [0.2, 0.25) is 11.8 Å². The van der Waals surface area contributed by atoms with Crippen molar-refractivity contribution in [1.82, 2.24) is 21.4 Å². The van der Waals surface area contributed by atoms with E-state index in [2.05, 4.69) is 33.4 Å². The highest BCUT2D eigenvalue weighted by Crippen LogP contribution is 2.33. The van der Waals surface area contributed by atoms with Gasteiger partial charge < -0.3 is 20.7 Å². The van der Waals surface area contributed by atoms with Crippen LogP contribution in [0, 0.1) is 0 Å². The maximum absolute atomic E-state index is 12.5. The Balaban J connectivity index is 1.38. The van der Waals surface area contributed by atoms with E-state index in [0.717, 1.165) is 44.3 Å². The van der Waals surface area contributed by atoms with Gasteiger partial charge in [-0.05, 0) is 25.7 Å². The van der Waals surface area contributed by atoms with Gasteiger partial charge >= 0.3 is 12.0 Å². The second-order valence-corrected chi connectivity index (χ2v) is 11.5. The van der Waals surface area contributed by atoms with Crippen LogP contribution in [0.4, 0.5) is 4.79 Å². The normalized spacial score (nSPS) is 24.8. The molecule has 10 nitrogen and oxygen atoms in total. The van der Waals surface area contributed by atoms with Gasteiger partial charge in [0, 0.05) is 29.6 Å².